The second-order valence-electron chi connectivity index (χ2n) is 5.62. The zero-order chi connectivity index (χ0) is 12.2. The van der Waals surface area contributed by atoms with E-state index in [0.29, 0.717) is 0 Å². The van der Waals surface area contributed by atoms with Crippen LogP contribution in [0, 0.1) is 5.92 Å². The van der Waals surface area contributed by atoms with E-state index in [9.17, 15) is 0 Å². The van der Waals surface area contributed by atoms with Gasteiger partial charge in [-0.25, -0.2) is 4.98 Å². The smallest absolute Gasteiger partial charge is 0.213 e. The number of pyridine rings is 1. The summed E-state index contributed by atoms with van der Waals surface area (Å²) >= 11 is 0. The van der Waals surface area contributed by atoms with Crippen LogP contribution in [0.4, 0.5) is 0 Å². The van der Waals surface area contributed by atoms with E-state index in [-0.39, 0.29) is 0 Å². The predicted molar refractivity (Wildman–Crippen MR) is 71.6 cm³/mol. The van der Waals surface area contributed by atoms with Gasteiger partial charge in [0.1, 0.15) is 0 Å². The number of rotatable bonds is 6. The first-order valence-electron chi connectivity index (χ1n) is 7.21. The monoisotopic (exact) mass is 246 g/mol. The molecule has 0 aliphatic heterocycles. The Kier molecular flexibility index (Phi) is 3.79. The Balaban J connectivity index is 1.44. The van der Waals surface area contributed by atoms with Crippen LogP contribution in [-0.4, -0.2) is 17.6 Å². The number of nitrogens with zero attached hydrogens (tertiary/aromatic N) is 1. The van der Waals surface area contributed by atoms with Crippen molar-refractivity contribution < 1.29 is 4.74 Å². The van der Waals surface area contributed by atoms with Crippen LogP contribution in [0.25, 0.3) is 0 Å². The van der Waals surface area contributed by atoms with Crippen molar-refractivity contribution in [3.63, 3.8) is 0 Å². The molecular formula is C15H22N2O. The van der Waals surface area contributed by atoms with Crippen molar-refractivity contribution in [3.8, 4) is 5.88 Å². The van der Waals surface area contributed by atoms with Gasteiger partial charge in [0, 0.05) is 24.8 Å². The molecule has 0 unspecified atom stereocenters. The lowest BCUT2D eigenvalue weighted by Crippen LogP contribution is -2.15. The summed E-state index contributed by atoms with van der Waals surface area (Å²) in [5.74, 6) is 1.53. The van der Waals surface area contributed by atoms with E-state index in [1.165, 1.54) is 44.1 Å². The lowest BCUT2D eigenvalue weighted by atomic mass is 10.1. The van der Waals surface area contributed by atoms with Crippen LogP contribution in [0.15, 0.2) is 18.3 Å². The highest BCUT2D eigenvalue weighted by atomic mass is 16.5. The van der Waals surface area contributed by atoms with Gasteiger partial charge in [0.25, 0.3) is 0 Å². The topological polar surface area (TPSA) is 34.1 Å². The first-order valence-corrected chi connectivity index (χ1v) is 7.21. The van der Waals surface area contributed by atoms with Crippen LogP contribution in [0.5, 0.6) is 5.88 Å². The van der Waals surface area contributed by atoms with Gasteiger partial charge < -0.3 is 10.1 Å². The molecule has 98 valence electrons. The molecule has 1 N–H and O–H groups in total. The van der Waals surface area contributed by atoms with Crippen molar-refractivity contribution in [1.82, 2.24) is 10.3 Å². The minimum atomic E-state index is 0.753. The van der Waals surface area contributed by atoms with Crippen LogP contribution in [-0.2, 0) is 6.54 Å². The Hall–Kier alpha value is -1.09. The zero-order valence-electron chi connectivity index (χ0n) is 10.9. The molecule has 2 saturated carbocycles. The lowest BCUT2D eigenvalue weighted by molar-refractivity contribution is 0.243. The zero-order valence-corrected chi connectivity index (χ0v) is 10.9. The van der Waals surface area contributed by atoms with Gasteiger partial charge in [-0.15, -0.1) is 0 Å². The average molecular weight is 246 g/mol. The molecule has 0 aromatic carbocycles. The quantitative estimate of drug-likeness (QED) is 0.838. The number of hydrogen-bond acceptors (Lipinski definition) is 3. The first kappa shape index (κ1) is 12.0. The summed E-state index contributed by atoms with van der Waals surface area (Å²) < 4.78 is 5.75. The SMILES string of the molecule is c1cc(OCC2CCCC2)ncc1CNC1CC1. The van der Waals surface area contributed by atoms with E-state index < -0.39 is 0 Å². The third-order valence-corrected chi connectivity index (χ3v) is 3.91. The molecule has 0 atom stereocenters. The molecule has 0 spiro atoms. The van der Waals surface area contributed by atoms with Gasteiger partial charge in [0.15, 0.2) is 0 Å². The standard InChI is InChI=1S/C15H22N2O/c1-2-4-12(3-1)11-18-15-8-5-13(10-17-15)9-16-14-6-7-14/h5,8,10,12,14,16H,1-4,6-7,9,11H2. The maximum absolute atomic E-state index is 5.75. The van der Waals surface area contributed by atoms with Crippen molar-refractivity contribution in [2.45, 2.75) is 51.1 Å². The molecule has 0 saturated heterocycles. The van der Waals surface area contributed by atoms with Gasteiger partial charge in [0.05, 0.1) is 6.61 Å². The molecule has 1 aromatic heterocycles. The normalized spacial score (nSPS) is 20.2. The lowest BCUT2D eigenvalue weighted by Gasteiger charge is -2.10. The predicted octanol–water partition coefficient (Wildman–Crippen LogP) is 2.90. The molecule has 1 heterocycles. The fourth-order valence-electron chi connectivity index (χ4n) is 2.53. The number of ether oxygens (including phenoxy) is 1. The molecule has 1 aromatic rings. The van der Waals surface area contributed by atoms with Gasteiger partial charge in [0.2, 0.25) is 5.88 Å². The largest absolute Gasteiger partial charge is 0.477 e. The van der Waals surface area contributed by atoms with Crippen molar-refractivity contribution in [1.29, 1.82) is 0 Å². The summed E-state index contributed by atoms with van der Waals surface area (Å²) in [5, 5.41) is 3.49. The number of aromatic nitrogens is 1. The second kappa shape index (κ2) is 5.70. The van der Waals surface area contributed by atoms with E-state index in [0.717, 1.165) is 31.0 Å². The molecular weight excluding hydrogens is 224 g/mol. The van der Waals surface area contributed by atoms with Gasteiger partial charge in [-0.2, -0.15) is 0 Å². The maximum Gasteiger partial charge on any atom is 0.213 e. The van der Waals surface area contributed by atoms with E-state index in [1.54, 1.807) is 0 Å². The molecule has 2 aliphatic rings. The van der Waals surface area contributed by atoms with Crippen LogP contribution in [0.1, 0.15) is 44.1 Å². The van der Waals surface area contributed by atoms with Gasteiger partial charge in [-0.05, 0) is 37.2 Å². The Bertz CT molecular complexity index is 367. The molecule has 3 heteroatoms. The van der Waals surface area contributed by atoms with E-state index in [2.05, 4.69) is 16.4 Å². The van der Waals surface area contributed by atoms with Crippen LogP contribution in [0.2, 0.25) is 0 Å². The number of hydrogen-bond donors (Lipinski definition) is 1. The maximum atomic E-state index is 5.75. The minimum absolute atomic E-state index is 0.753. The highest BCUT2D eigenvalue weighted by molar-refractivity contribution is 5.18. The molecule has 3 rings (SSSR count). The molecule has 0 radical (unpaired) electrons. The van der Waals surface area contributed by atoms with Crippen LogP contribution < -0.4 is 10.1 Å². The van der Waals surface area contributed by atoms with E-state index >= 15 is 0 Å². The highest BCUT2D eigenvalue weighted by Gasteiger charge is 2.20. The van der Waals surface area contributed by atoms with Crippen LogP contribution in [0.3, 0.4) is 0 Å². The van der Waals surface area contributed by atoms with Crippen molar-refractivity contribution in [3.05, 3.63) is 23.9 Å². The Labute approximate surface area is 109 Å². The Morgan fingerprint density at radius 1 is 1.17 bits per heavy atom. The number of nitrogens with one attached hydrogen (secondary N) is 1. The van der Waals surface area contributed by atoms with E-state index in [4.69, 9.17) is 4.74 Å². The first-order chi connectivity index (χ1) is 8.90. The average Bonchev–Trinajstić information content (AvgIpc) is 3.09. The molecule has 2 aliphatic carbocycles. The third kappa shape index (κ3) is 3.45. The minimum Gasteiger partial charge on any atom is -0.477 e. The van der Waals surface area contributed by atoms with E-state index in [1.807, 2.05) is 12.3 Å². The van der Waals surface area contributed by atoms with Crippen molar-refractivity contribution in [2.75, 3.05) is 6.61 Å². The third-order valence-electron chi connectivity index (χ3n) is 3.91. The molecule has 3 nitrogen and oxygen atoms in total. The fourth-order valence-corrected chi connectivity index (χ4v) is 2.53. The summed E-state index contributed by atoms with van der Waals surface area (Å²) in [6, 6.07) is 4.87. The molecule has 0 bridgehead atoms. The second-order valence-corrected chi connectivity index (χ2v) is 5.62. The molecule has 18 heavy (non-hydrogen) atoms. The summed E-state index contributed by atoms with van der Waals surface area (Å²) in [7, 11) is 0. The van der Waals surface area contributed by atoms with Crippen LogP contribution >= 0.6 is 0 Å². The van der Waals surface area contributed by atoms with Gasteiger partial charge in [-0.1, -0.05) is 18.9 Å². The Morgan fingerprint density at radius 3 is 2.67 bits per heavy atom. The van der Waals surface area contributed by atoms with Crippen molar-refractivity contribution >= 4 is 0 Å². The fraction of sp³-hybridized carbons (Fsp3) is 0.667. The summed E-state index contributed by atoms with van der Waals surface area (Å²) in [4.78, 5) is 4.38. The highest BCUT2D eigenvalue weighted by Crippen LogP contribution is 2.25. The molecule has 2 fully saturated rings. The summed E-state index contributed by atoms with van der Waals surface area (Å²) in [6.07, 6.45) is 9.97. The Morgan fingerprint density at radius 2 is 2.00 bits per heavy atom. The molecule has 0 amide bonds. The van der Waals surface area contributed by atoms with Gasteiger partial charge >= 0.3 is 0 Å². The van der Waals surface area contributed by atoms with Crippen molar-refractivity contribution in [2.24, 2.45) is 5.92 Å². The summed E-state index contributed by atoms with van der Waals surface area (Å²) in [6.45, 7) is 1.77. The summed E-state index contributed by atoms with van der Waals surface area (Å²) in [5.41, 5.74) is 1.25. The van der Waals surface area contributed by atoms with Gasteiger partial charge in [-0.3, -0.25) is 0 Å².